The molecule has 0 bridgehead atoms. The first-order valence-electron chi connectivity index (χ1n) is 11.1. The molecule has 8 nitrogen and oxygen atoms in total. The maximum absolute atomic E-state index is 13.3. The molecule has 3 aromatic rings. The van der Waals surface area contributed by atoms with Gasteiger partial charge in [0.25, 0.3) is 0 Å². The van der Waals surface area contributed by atoms with Gasteiger partial charge in [0.2, 0.25) is 27.6 Å². The van der Waals surface area contributed by atoms with Crippen LogP contribution in [0.1, 0.15) is 43.0 Å². The lowest BCUT2D eigenvalue weighted by Gasteiger charge is -2.30. The molecule has 1 aromatic carbocycles. The Morgan fingerprint density at radius 2 is 1.88 bits per heavy atom. The molecule has 1 fully saturated rings. The highest BCUT2D eigenvalue weighted by molar-refractivity contribution is 7.89. The summed E-state index contributed by atoms with van der Waals surface area (Å²) in [6.07, 6.45) is 2.54. The summed E-state index contributed by atoms with van der Waals surface area (Å²) in [4.78, 5) is 18.6. The number of rotatable bonds is 7. The topological polar surface area (TPSA) is 105 Å². The number of carbonyl (C=O) groups is 1. The lowest BCUT2D eigenvalue weighted by molar-refractivity contribution is -0.120. The standard InChI is InChI=1S/C23H28N4O4S2/c1-4-16-6-8-18(9-7-16)24-23(28)17-10-12-27(13-11-17)33(29,30)20-14-19(32-15(20)3)22-25-21(5-2)31-26-22/h6-9,14,17H,4-5,10-13H2,1-3H3,(H,24,28). The number of nitrogens with zero attached hydrogens (tertiary/aromatic N) is 3. The number of sulfonamides is 1. The average molecular weight is 489 g/mol. The maximum Gasteiger partial charge on any atom is 0.244 e. The van der Waals surface area contributed by atoms with Gasteiger partial charge in [0.05, 0.1) is 9.77 Å². The molecule has 0 spiro atoms. The molecular weight excluding hydrogens is 460 g/mol. The van der Waals surface area contributed by atoms with E-state index in [0.29, 0.717) is 53.8 Å². The van der Waals surface area contributed by atoms with Gasteiger partial charge >= 0.3 is 0 Å². The van der Waals surface area contributed by atoms with Crippen molar-refractivity contribution >= 4 is 33.0 Å². The number of hydrogen-bond acceptors (Lipinski definition) is 7. The van der Waals surface area contributed by atoms with Crippen LogP contribution < -0.4 is 5.32 Å². The highest BCUT2D eigenvalue weighted by Gasteiger charge is 2.34. The second kappa shape index (κ2) is 9.74. The fraction of sp³-hybridized carbons (Fsp3) is 0.435. The third kappa shape index (κ3) is 5.02. The molecule has 1 aliphatic heterocycles. The van der Waals surface area contributed by atoms with Crippen molar-refractivity contribution in [1.29, 1.82) is 0 Å². The van der Waals surface area contributed by atoms with Gasteiger partial charge in [-0.15, -0.1) is 11.3 Å². The lowest BCUT2D eigenvalue weighted by Crippen LogP contribution is -2.41. The number of benzene rings is 1. The molecule has 1 aliphatic rings. The molecule has 176 valence electrons. The van der Waals surface area contributed by atoms with Crippen LogP contribution >= 0.6 is 11.3 Å². The van der Waals surface area contributed by atoms with E-state index in [1.807, 2.05) is 31.2 Å². The number of thiophene rings is 1. The number of aryl methyl sites for hydroxylation is 3. The van der Waals surface area contributed by atoms with E-state index in [2.05, 4.69) is 22.4 Å². The molecule has 1 saturated heterocycles. The molecular formula is C23H28N4O4S2. The van der Waals surface area contributed by atoms with Crippen LogP contribution in [-0.2, 0) is 27.7 Å². The van der Waals surface area contributed by atoms with Crippen LogP contribution in [-0.4, -0.2) is 41.9 Å². The van der Waals surface area contributed by atoms with Gasteiger partial charge in [0, 0.05) is 36.0 Å². The first-order chi connectivity index (χ1) is 15.8. The minimum atomic E-state index is -3.67. The number of carbonyl (C=O) groups excluding carboxylic acids is 1. The van der Waals surface area contributed by atoms with E-state index < -0.39 is 10.0 Å². The van der Waals surface area contributed by atoms with Crippen molar-refractivity contribution in [2.24, 2.45) is 5.92 Å². The van der Waals surface area contributed by atoms with Crippen LogP contribution in [0, 0.1) is 12.8 Å². The van der Waals surface area contributed by atoms with Gasteiger partial charge in [-0.1, -0.05) is 31.1 Å². The summed E-state index contributed by atoms with van der Waals surface area (Å²) >= 11 is 1.34. The van der Waals surface area contributed by atoms with Crippen molar-refractivity contribution in [1.82, 2.24) is 14.4 Å². The maximum atomic E-state index is 13.3. The normalized spacial score (nSPS) is 15.6. The second-order valence-corrected chi connectivity index (χ2v) is 11.3. The Labute approximate surface area is 198 Å². The van der Waals surface area contributed by atoms with Crippen molar-refractivity contribution in [3.05, 3.63) is 46.7 Å². The summed E-state index contributed by atoms with van der Waals surface area (Å²) in [5.74, 6) is 0.647. The molecule has 0 atom stereocenters. The van der Waals surface area contributed by atoms with Crippen LogP contribution in [0.5, 0.6) is 0 Å². The van der Waals surface area contributed by atoms with E-state index in [1.54, 1.807) is 13.0 Å². The fourth-order valence-electron chi connectivity index (χ4n) is 3.90. The molecule has 0 saturated carbocycles. The molecule has 33 heavy (non-hydrogen) atoms. The highest BCUT2D eigenvalue weighted by atomic mass is 32.2. The molecule has 0 unspecified atom stereocenters. The van der Waals surface area contributed by atoms with Gasteiger partial charge < -0.3 is 9.84 Å². The predicted molar refractivity (Wildman–Crippen MR) is 128 cm³/mol. The number of nitrogens with one attached hydrogen (secondary N) is 1. The van der Waals surface area contributed by atoms with E-state index in [9.17, 15) is 13.2 Å². The monoisotopic (exact) mass is 488 g/mol. The number of hydrogen-bond donors (Lipinski definition) is 1. The Kier molecular flexibility index (Phi) is 6.96. The third-order valence-corrected chi connectivity index (χ3v) is 9.14. The molecule has 0 aliphatic carbocycles. The van der Waals surface area contributed by atoms with E-state index in [-0.39, 0.29) is 16.7 Å². The fourth-order valence-corrected chi connectivity index (χ4v) is 6.85. The number of aromatic nitrogens is 2. The van der Waals surface area contributed by atoms with Gasteiger partial charge in [-0.25, -0.2) is 8.42 Å². The van der Waals surface area contributed by atoms with Crippen LogP contribution in [0.15, 0.2) is 39.8 Å². The molecule has 2 aromatic heterocycles. The molecule has 0 radical (unpaired) electrons. The Bertz CT molecular complexity index is 1220. The lowest BCUT2D eigenvalue weighted by atomic mass is 9.97. The van der Waals surface area contributed by atoms with Gasteiger partial charge in [-0.3, -0.25) is 4.79 Å². The van der Waals surface area contributed by atoms with Crippen molar-refractivity contribution in [2.75, 3.05) is 18.4 Å². The zero-order valence-corrected chi connectivity index (χ0v) is 20.6. The van der Waals surface area contributed by atoms with E-state index in [1.165, 1.54) is 21.2 Å². The SMILES string of the molecule is CCc1ccc(NC(=O)C2CCN(S(=O)(=O)c3cc(-c4noc(CC)n4)sc3C)CC2)cc1. The summed E-state index contributed by atoms with van der Waals surface area (Å²) in [6, 6.07) is 9.43. The number of piperidine rings is 1. The second-order valence-electron chi connectivity index (χ2n) is 8.11. The van der Waals surface area contributed by atoms with Gasteiger partial charge in [-0.05, 0) is 49.9 Å². The number of amides is 1. The Hall–Kier alpha value is -2.56. The van der Waals surface area contributed by atoms with Crippen LogP contribution in [0.25, 0.3) is 10.7 Å². The zero-order chi connectivity index (χ0) is 23.6. The van der Waals surface area contributed by atoms with Gasteiger partial charge in [-0.2, -0.15) is 9.29 Å². The summed E-state index contributed by atoms with van der Waals surface area (Å²) in [5.41, 5.74) is 1.98. The summed E-state index contributed by atoms with van der Waals surface area (Å²) in [5, 5.41) is 6.91. The zero-order valence-electron chi connectivity index (χ0n) is 19.0. The van der Waals surface area contributed by atoms with Crippen molar-refractivity contribution in [3.8, 4) is 10.7 Å². The van der Waals surface area contributed by atoms with Gasteiger partial charge in [0.1, 0.15) is 0 Å². The predicted octanol–water partition coefficient (Wildman–Crippen LogP) is 4.27. The minimum Gasteiger partial charge on any atom is -0.339 e. The molecule has 1 amide bonds. The van der Waals surface area contributed by atoms with Crippen molar-refractivity contribution in [3.63, 3.8) is 0 Å². The van der Waals surface area contributed by atoms with E-state index in [0.717, 1.165) is 12.1 Å². The van der Waals surface area contributed by atoms with Crippen LogP contribution in [0.3, 0.4) is 0 Å². The van der Waals surface area contributed by atoms with E-state index >= 15 is 0 Å². The quantitative estimate of drug-likeness (QED) is 0.532. The molecule has 1 N–H and O–H groups in total. The molecule has 4 rings (SSSR count). The van der Waals surface area contributed by atoms with Gasteiger partial charge in [0.15, 0.2) is 0 Å². The molecule has 3 heterocycles. The first-order valence-corrected chi connectivity index (χ1v) is 13.4. The smallest absolute Gasteiger partial charge is 0.244 e. The van der Waals surface area contributed by atoms with Crippen molar-refractivity contribution in [2.45, 2.75) is 51.3 Å². The Balaban J connectivity index is 1.41. The Morgan fingerprint density at radius 3 is 2.48 bits per heavy atom. The third-order valence-electron chi connectivity index (χ3n) is 5.94. The molecule has 10 heteroatoms. The summed E-state index contributed by atoms with van der Waals surface area (Å²) in [6.45, 7) is 6.40. The minimum absolute atomic E-state index is 0.0610. The Morgan fingerprint density at radius 1 is 1.18 bits per heavy atom. The largest absolute Gasteiger partial charge is 0.339 e. The summed E-state index contributed by atoms with van der Waals surface area (Å²) in [7, 11) is -3.67. The van der Waals surface area contributed by atoms with Crippen LogP contribution in [0.4, 0.5) is 5.69 Å². The first kappa shape index (κ1) is 23.6. The number of anilines is 1. The average Bonchev–Trinajstić information content (AvgIpc) is 3.46. The van der Waals surface area contributed by atoms with Crippen molar-refractivity contribution < 1.29 is 17.7 Å². The van der Waals surface area contributed by atoms with Crippen LogP contribution in [0.2, 0.25) is 0 Å². The highest BCUT2D eigenvalue weighted by Crippen LogP contribution is 2.35. The summed E-state index contributed by atoms with van der Waals surface area (Å²) < 4.78 is 33.2. The van der Waals surface area contributed by atoms with E-state index in [4.69, 9.17) is 4.52 Å².